The third-order valence-corrected chi connectivity index (χ3v) is 7.30. The van der Waals surface area contributed by atoms with E-state index < -0.39 is 17.7 Å². The summed E-state index contributed by atoms with van der Waals surface area (Å²) in [5.41, 5.74) is 2.99. The molecule has 1 atom stereocenters. The highest BCUT2D eigenvalue weighted by Crippen LogP contribution is 2.37. The van der Waals surface area contributed by atoms with E-state index in [1.165, 1.54) is 12.1 Å². The van der Waals surface area contributed by atoms with Gasteiger partial charge in [0.15, 0.2) is 11.5 Å². The molecule has 1 aliphatic rings. The molecule has 0 saturated heterocycles. The summed E-state index contributed by atoms with van der Waals surface area (Å²) in [5.74, 6) is -0.400. The van der Waals surface area contributed by atoms with E-state index in [1.807, 2.05) is 42.7 Å². The third kappa shape index (κ3) is 4.83. The topological polar surface area (TPSA) is 106 Å². The van der Waals surface area contributed by atoms with E-state index in [2.05, 4.69) is 20.3 Å². The summed E-state index contributed by atoms with van der Waals surface area (Å²) in [6, 6.07) is 12.7. The fourth-order valence-corrected chi connectivity index (χ4v) is 4.97. The first-order chi connectivity index (χ1) is 19.1. The number of hydrogen-bond donors (Lipinski definition) is 2. The van der Waals surface area contributed by atoms with Crippen LogP contribution in [0.25, 0.3) is 33.5 Å². The molecule has 40 heavy (non-hydrogen) atoms. The largest absolute Gasteiger partial charge is 0.475 e. The van der Waals surface area contributed by atoms with Crippen molar-refractivity contribution in [3.8, 4) is 11.4 Å². The fourth-order valence-electron chi connectivity index (χ4n) is 4.97. The van der Waals surface area contributed by atoms with E-state index in [0.717, 1.165) is 47.0 Å². The molecule has 0 bridgehead atoms. The van der Waals surface area contributed by atoms with E-state index in [0.29, 0.717) is 28.6 Å². The number of aromatic nitrogens is 5. The number of rotatable bonds is 7. The van der Waals surface area contributed by atoms with Crippen LogP contribution in [0.5, 0.6) is 0 Å². The molecule has 0 aliphatic heterocycles. The van der Waals surface area contributed by atoms with Gasteiger partial charge in [-0.25, -0.2) is 19.7 Å². The minimum Gasteiger partial charge on any atom is -0.475 e. The fraction of sp³-hybridized carbons (Fsp3) is 0.276. The van der Waals surface area contributed by atoms with Crippen LogP contribution in [0.1, 0.15) is 47.1 Å². The highest BCUT2D eigenvalue weighted by molar-refractivity contribution is 5.93. The third-order valence-electron chi connectivity index (χ3n) is 7.30. The van der Waals surface area contributed by atoms with Gasteiger partial charge in [0.25, 0.3) is 0 Å². The van der Waals surface area contributed by atoms with Gasteiger partial charge < -0.3 is 15.0 Å². The molecule has 8 nitrogen and oxygen atoms in total. The molecule has 2 N–H and O–H groups in total. The summed E-state index contributed by atoms with van der Waals surface area (Å²) >= 11 is 0. The van der Waals surface area contributed by atoms with Gasteiger partial charge in [0.2, 0.25) is 5.82 Å². The van der Waals surface area contributed by atoms with Crippen molar-refractivity contribution in [1.82, 2.24) is 24.5 Å². The number of nitrogens with one attached hydrogen (secondary N) is 1. The Balaban J connectivity index is 1.57. The van der Waals surface area contributed by atoms with Gasteiger partial charge in [0.05, 0.1) is 11.1 Å². The summed E-state index contributed by atoms with van der Waals surface area (Å²) in [7, 11) is 0. The summed E-state index contributed by atoms with van der Waals surface area (Å²) in [6.07, 6.45) is -0.606. The number of halogens is 3. The number of aromatic carboxylic acids is 1. The number of carboxylic acid groups (broad SMARTS) is 1. The maximum Gasteiger partial charge on any atom is 0.416 e. The number of benzene rings is 2. The standard InChI is InChI=1S/C29H25F3N6O2/c1-15-12-22-19(4-3-11-33-22)13-21(15)27-37-25-23(38(27)14-17-5-9-20(10-6-17)29(30,31)32)24(34-16(2)18-7-8-18)35-26(36-25)28(39)40/h3-6,9-13,16,18H,7-8,14H2,1-2H3,(H,39,40)(H,34,35,36). The van der Waals surface area contributed by atoms with Gasteiger partial charge in [-0.05, 0) is 74.1 Å². The molecular formula is C29H25F3N6O2. The number of alkyl halides is 3. The van der Waals surface area contributed by atoms with Crippen molar-refractivity contribution in [3.05, 3.63) is 77.2 Å². The molecule has 1 unspecified atom stereocenters. The number of hydrogen-bond acceptors (Lipinski definition) is 6. The average molecular weight is 547 g/mol. The average Bonchev–Trinajstić information content (AvgIpc) is 3.70. The molecule has 204 valence electrons. The SMILES string of the molecule is Cc1cc2ncccc2cc1-c1nc2nc(C(=O)O)nc(NC(C)C3CC3)c2n1Cc1ccc(C(F)(F)F)cc1. The lowest BCUT2D eigenvalue weighted by Gasteiger charge is -2.17. The molecule has 1 saturated carbocycles. The maximum absolute atomic E-state index is 13.2. The molecule has 0 amide bonds. The van der Waals surface area contributed by atoms with Gasteiger partial charge in [-0.3, -0.25) is 4.98 Å². The Labute approximate surface area is 226 Å². The summed E-state index contributed by atoms with van der Waals surface area (Å²) < 4.78 is 41.5. The van der Waals surface area contributed by atoms with Crippen LogP contribution in [0.2, 0.25) is 0 Å². The van der Waals surface area contributed by atoms with Crippen LogP contribution in [0.4, 0.5) is 19.0 Å². The van der Waals surface area contributed by atoms with Crippen molar-refractivity contribution in [1.29, 1.82) is 0 Å². The van der Waals surface area contributed by atoms with Crippen LogP contribution in [-0.4, -0.2) is 41.6 Å². The van der Waals surface area contributed by atoms with Gasteiger partial charge in [-0.2, -0.15) is 13.2 Å². The second kappa shape index (κ2) is 9.58. The molecule has 1 fully saturated rings. The van der Waals surface area contributed by atoms with Crippen LogP contribution >= 0.6 is 0 Å². The number of carbonyl (C=O) groups is 1. The lowest BCUT2D eigenvalue weighted by molar-refractivity contribution is -0.137. The number of pyridine rings is 1. The van der Waals surface area contributed by atoms with Crippen LogP contribution in [0, 0.1) is 12.8 Å². The van der Waals surface area contributed by atoms with Crippen molar-refractivity contribution in [2.45, 2.75) is 45.5 Å². The molecule has 1 aliphatic carbocycles. The zero-order valence-electron chi connectivity index (χ0n) is 21.7. The molecule has 3 heterocycles. The van der Waals surface area contributed by atoms with Crippen molar-refractivity contribution >= 4 is 33.9 Å². The van der Waals surface area contributed by atoms with E-state index in [-0.39, 0.29) is 24.1 Å². The molecule has 3 aromatic heterocycles. The van der Waals surface area contributed by atoms with Crippen LogP contribution in [0.15, 0.2) is 54.7 Å². The lowest BCUT2D eigenvalue weighted by Crippen LogP contribution is -2.20. The zero-order valence-corrected chi connectivity index (χ0v) is 21.7. The Bertz CT molecular complexity index is 1760. The van der Waals surface area contributed by atoms with Gasteiger partial charge in [-0.1, -0.05) is 18.2 Å². The van der Waals surface area contributed by atoms with Crippen molar-refractivity contribution < 1.29 is 23.1 Å². The van der Waals surface area contributed by atoms with Crippen LogP contribution in [-0.2, 0) is 12.7 Å². The second-order valence-electron chi connectivity index (χ2n) is 10.2. The number of aryl methyl sites for hydroxylation is 1. The number of imidazole rings is 1. The first kappa shape index (κ1) is 25.7. The molecule has 6 rings (SSSR count). The molecule has 11 heteroatoms. The normalized spacial score (nSPS) is 14.5. The quantitative estimate of drug-likeness (QED) is 0.246. The summed E-state index contributed by atoms with van der Waals surface area (Å²) in [6.45, 7) is 4.11. The van der Waals surface area contributed by atoms with E-state index in [9.17, 15) is 23.1 Å². The van der Waals surface area contributed by atoms with E-state index in [1.54, 1.807) is 6.20 Å². The molecule has 0 spiro atoms. The Hall–Kier alpha value is -4.54. The monoisotopic (exact) mass is 546 g/mol. The van der Waals surface area contributed by atoms with Crippen LogP contribution in [0.3, 0.4) is 0 Å². The summed E-state index contributed by atoms with van der Waals surface area (Å²) in [5, 5.41) is 14.0. The van der Waals surface area contributed by atoms with Gasteiger partial charge in [0, 0.05) is 29.7 Å². The minimum atomic E-state index is -4.45. The highest BCUT2D eigenvalue weighted by atomic mass is 19.4. The molecule has 5 aromatic rings. The van der Waals surface area contributed by atoms with Crippen molar-refractivity contribution in [3.63, 3.8) is 0 Å². The van der Waals surface area contributed by atoms with Gasteiger partial charge in [0.1, 0.15) is 11.3 Å². The lowest BCUT2D eigenvalue weighted by atomic mass is 10.0. The summed E-state index contributed by atoms with van der Waals surface area (Å²) in [4.78, 5) is 29.7. The number of carboxylic acids is 1. The predicted molar refractivity (Wildman–Crippen MR) is 144 cm³/mol. The highest BCUT2D eigenvalue weighted by Gasteiger charge is 2.31. The first-order valence-electron chi connectivity index (χ1n) is 12.9. The predicted octanol–water partition coefficient (Wildman–Crippen LogP) is 6.33. The minimum absolute atomic E-state index is 0.0334. The van der Waals surface area contributed by atoms with Crippen molar-refractivity contribution in [2.24, 2.45) is 5.92 Å². The number of fused-ring (bicyclic) bond motifs is 2. The number of anilines is 1. The zero-order chi connectivity index (χ0) is 28.2. The van der Waals surface area contributed by atoms with E-state index in [4.69, 9.17) is 4.98 Å². The molecule has 0 radical (unpaired) electrons. The molecular weight excluding hydrogens is 521 g/mol. The van der Waals surface area contributed by atoms with Gasteiger partial charge in [-0.15, -0.1) is 0 Å². The van der Waals surface area contributed by atoms with E-state index >= 15 is 0 Å². The van der Waals surface area contributed by atoms with Crippen LogP contribution < -0.4 is 5.32 Å². The Morgan fingerprint density at radius 1 is 1.12 bits per heavy atom. The smallest absolute Gasteiger partial charge is 0.416 e. The maximum atomic E-state index is 13.2. The Kier molecular flexibility index (Phi) is 6.16. The first-order valence-corrected chi connectivity index (χ1v) is 12.9. The van der Waals surface area contributed by atoms with Gasteiger partial charge >= 0.3 is 12.1 Å². The van der Waals surface area contributed by atoms with Crippen molar-refractivity contribution in [2.75, 3.05) is 5.32 Å². The molecule has 2 aromatic carbocycles. The second-order valence-corrected chi connectivity index (χ2v) is 10.2. The number of nitrogens with zero attached hydrogens (tertiary/aromatic N) is 5. The Morgan fingerprint density at radius 3 is 2.55 bits per heavy atom. The Morgan fingerprint density at radius 2 is 1.88 bits per heavy atom.